The van der Waals surface area contributed by atoms with E-state index in [1.54, 1.807) is 12.1 Å². The average Bonchev–Trinajstić information content (AvgIpc) is 2.53. The largest absolute Gasteiger partial charge is 0.392 e. The van der Waals surface area contributed by atoms with Crippen LogP contribution in [0.25, 0.3) is 32.3 Å². The molecule has 0 aliphatic heterocycles. The Labute approximate surface area is 121 Å². The summed E-state index contributed by atoms with van der Waals surface area (Å²) >= 11 is 0. The van der Waals surface area contributed by atoms with E-state index in [1.807, 2.05) is 30.3 Å². The van der Waals surface area contributed by atoms with Gasteiger partial charge in [-0.1, -0.05) is 42.5 Å². The summed E-state index contributed by atoms with van der Waals surface area (Å²) in [6.45, 7) is -0.0586. The van der Waals surface area contributed by atoms with Crippen molar-refractivity contribution < 1.29 is 9.50 Å². The van der Waals surface area contributed by atoms with Crippen molar-refractivity contribution in [2.75, 3.05) is 0 Å². The summed E-state index contributed by atoms with van der Waals surface area (Å²) in [5, 5.41) is 15.8. The van der Waals surface area contributed by atoms with Gasteiger partial charge in [0.1, 0.15) is 5.82 Å². The van der Waals surface area contributed by atoms with Gasteiger partial charge in [0.2, 0.25) is 0 Å². The Bertz CT molecular complexity index is 989. The second-order valence-electron chi connectivity index (χ2n) is 5.27. The Morgan fingerprint density at radius 1 is 0.762 bits per heavy atom. The monoisotopic (exact) mass is 276 g/mol. The quantitative estimate of drug-likeness (QED) is 0.496. The van der Waals surface area contributed by atoms with Gasteiger partial charge in [0, 0.05) is 0 Å². The Morgan fingerprint density at radius 3 is 2.43 bits per heavy atom. The van der Waals surface area contributed by atoms with Gasteiger partial charge in [-0.25, -0.2) is 4.39 Å². The highest BCUT2D eigenvalue weighted by molar-refractivity contribution is 6.18. The normalized spacial score (nSPS) is 11.5. The first kappa shape index (κ1) is 12.3. The van der Waals surface area contributed by atoms with Gasteiger partial charge < -0.3 is 5.11 Å². The lowest BCUT2D eigenvalue weighted by atomic mass is 9.93. The first-order valence-electron chi connectivity index (χ1n) is 6.91. The Hall–Kier alpha value is -2.45. The van der Waals surface area contributed by atoms with Crippen molar-refractivity contribution in [3.8, 4) is 0 Å². The summed E-state index contributed by atoms with van der Waals surface area (Å²) in [5.41, 5.74) is 0.833. The van der Waals surface area contributed by atoms with Crippen LogP contribution in [0, 0.1) is 5.82 Å². The molecule has 0 amide bonds. The molecule has 0 aromatic heterocycles. The van der Waals surface area contributed by atoms with Gasteiger partial charge in [-0.2, -0.15) is 0 Å². The highest BCUT2D eigenvalue weighted by atomic mass is 19.1. The van der Waals surface area contributed by atoms with Crippen LogP contribution in [0.3, 0.4) is 0 Å². The lowest BCUT2D eigenvalue weighted by molar-refractivity contribution is 0.283. The highest BCUT2D eigenvalue weighted by Gasteiger charge is 2.10. The highest BCUT2D eigenvalue weighted by Crippen LogP contribution is 2.34. The number of rotatable bonds is 1. The maximum Gasteiger partial charge on any atom is 0.123 e. The number of fused-ring (bicyclic) bond motifs is 5. The van der Waals surface area contributed by atoms with Crippen molar-refractivity contribution in [3.63, 3.8) is 0 Å². The van der Waals surface area contributed by atoms with Crippen LogP contribution in [-0.4, -0.2) is 5.11 Å². The number of aliphatic hydroxyl groups excluding tert-OH is 1. The zero-order chi connectivity index (χ0) is 14.4. The second kappa shape index (κ2) is 4.54. The molecule has 0 fully saturated rings. The summed E-state index contributed by atoms with van der Waals surface area (Å²) in [7, 11) is 0. The smallest absolute Gasteiger partial charge is 0.123 e. The number of benzene rings is 4. The van der Waals surface area contributed by atoms with Crippen molar-refractivity contribution in [2.24, 2.45) is 0 Å². The molecule has 0 saturated carbocycles. The molecule has 102 valence electrons. The van der Waals surface area contributed by atoms with E-state index >= 15 is 0 Å². The third-order valence-electron chi connectivity index (χ3n) is 4.06. The first-order chi connectivity index (χ1) is 10.3. The van der Waals surface area contributed by atoms with E-state index in [-0.39, 0.29) is 12.4 Å². The molecule has 0 saturated heterocycles. The van der Waals surface area contributed by atoms with Crippen molar-refractivity contribution in [2.45, 2.75) is 6.61 Å². The Morgan fingerprint density at radius 2 is 1.57 bits per heavy atom. The molecule has 0 bridgehead atoms. The number of halogens is 1. The fraction of sp³-hybridized carbons (Fsp3) is 0.0526. The summed E-state index contributed by atoms with van der Waals surface area (Å²) in [5.74, 6) is -0.257. The van der Waals surface area contributed by atoms with E-state index in [0.717, 1.165) is 37.9 Å². The van der Waals surface area contributed by atoms with Gasteiger partial charge >= 0.3 is 0 Å². The van der Waals surface area contributed by atoms with Crippen LogP contribution in [0.15, 0.2) is 60.7 Å². The minimum atomic E-state index is -0.257. The molecular weight excluding hydrogens is 263 g/mol. The van der Waals surface area contributed by atoms with E-state index in [4.69, 9.17) is 0 Å². The lowest BCUT2D eigenvalue weighted by Gasteiger charge is -2.12. The topological polar surface area (TPSA) is 20.2 Å². The molecule has 4 aromatic rings. The number of hydrogen-bond donors (Lipinski definition) is 1. The van der Waals surface area contributed by atoms with E-state index < -0.39 is 0 Å². The van der Waals surface area contributed by atoms with Crippen LogP contribution in [0.2, 0.25) is 0 Å². The summed E-state index contributed by atoms with van der Waals surface area (Å²) in [6, 6.07) is 18.9. The van der Waals surface area contributed by atoms with Gasteiger partial charge in [0.15, 0.2) is 0 Å². The van der Waals surface area contributed by atoms with E-state index in [0.29, 0.717) is 0 Å². The van der Waals surface area contributed by atoms with Crippen molar-refractivity contribution in [1.82, 2.24) is 0 Å². The SMILES string of the molecule is OCc1cc2ccccc2c2ccc3ccc(F)cc3c12. The third kappa shape index (κ3) is 1.80. The van der Waals surface area contributed by atoms with Crippen molar-refractivity contribution in [3.05, 3.63) is 72.0 Å². The van der Waals surface area contributed by atoms with Gasteiger partial charge in [-0.05, 0) is 56.1 Å². The van der Waals surface area contributed by atoms with Crippen LogP contribution in [0.4, 0.5) is 4.39 Å². The first-order valence-corrected chi connectivity index (χ1v) is 6.91. The predicted molar refractivity (Wildman–Crippen MR) is 84.8 cm³/mol. The molecule has 0 unspecified atom stereocenters. The molecule has 0 aliphatic carbocycles. The molecule has 0 spiro atoms. The van der Waals surface area contributed by atoms with Gasteiger partial charge in [-0.15, -0.1) is 0 Å². The number of aliphatic hydroxyl groups is 1. The molecule has 2 heteroatoms. The standard InChI is InChI=1S/C19H13FO/c20-15-7-5-12-6-8-17-16-4-2-1-3-13(16)9-14(11-21)19(17)18(12)10-15/h1-10,21H,11H2. The summed E-state index contributed by atoms with van der Waals surface area (Å²) in [6.07, 6.45) is 0. The van der Waals surface area contributed by atoms with Gasteiger partial charge in [-0.3, -0.25) is 0 Å². The maximum atomic E-state index is 13.7. The fourth-order valence-electron chi connectivity index (χ4n) is 3.12. The third-order valence-corrected chi connectivity index (χ3v) is 4.06. The molecule has 4 rings (SSSR count). The molecule has 0 heterocycles. The zero-order valence-electron chi connectivity index (χ0n) is 11.3. The molecular formula is C19H13FO. The van der Waals surface area contributed by atoms with Crippen LogP contribution < -0.4 is 0 Å². The molecule has 4 aromatic carbocycles. The van der Waals surface area contributed by atoms with Crippen LogP contribution in [0.5, 0.6) is 0 Å². The van der Waals surface area contributed by atoms with E-state index in [9.17, 15) is 9.50 Å². The van der Waals surface area contributed by atoms with Gasteiger partial charge in [0.25, 0.3) is 0 Å². The Kier molecular flexibility index (Phi) is 2.66. The minimum Gasteiger partial charge on any atom is -0.392 e. The Balaban J connectivity index is 2.32. The molecule has 1 N–H and O–H groups in total. The molecule has 21 heavy (non-hydrogen) atoms. The molecule has 0 aliphatic rings. The summed E-state index contributed by atoms with van der Waals surface area (Å²) < 4.78 is 13.7. The summed E-state index contributed by atoms with van der Waals surface area (Å²) in [4.78, 5) is 0. The number of hydrogen-bond acceptors (Lipinski definition) is 1. The van der Waals surface area contributed by atoms with Gasteiger partial charge in [0.05, 0.1) is 6.61 Å². The molecule has 0 atom stereocenters. The fourth-order valence-corrected chi connectivity index (χ4v) is 3.12. The molecule has 1 nitrogen and oxygen atoms in total. The van der Waals surface area contributed by atoms with E-state index in [2.05, 4.69) is 12.1 Å². The van der Waals surface area contributed by atoms with Crippen LogP contribution in [-0.2, 0) is 6.61 Å². The predicted octanol–water partition coefficient (Wildman–Crippen LogP) is 4.78. The van der Waals surface area contributed by atoms with Crippen LogP contribution in [0.1, 0.15) is 5.56 Å². The minimum absolute atomic E-state index is 0.0586. The maximum absolute atomic E-state index is 13.7. The van der Waals surface area contributed by atoms with E-state index in [1.165, 1.54) is 6.07 Å². The second-order valence-corrected chi connectivity index (χ2v) is 5.27. The zero-order valence-corrected chi connectivity index (χ0v) is 11.3. The molecule has 0 radical (unpaired) electrons. The lowest BCUT2D eigenvalue weighted by Crippen LogP contribution is -1.90. The van der Waals surface area contributed by atoms with Crippen molar-refractivity contribution in [1.29, 1.82) is 0 Å². The average molecular weight is 276 g/mol. The van der Waals surface area contributed by atoms with Crippen molar-refractivity contribution >= 4 is 32.3 Å². The van der Waals surface area contributed by atoms with Crippen LogP contribution >= 0.6 is 0 Å².